The fraction of sp³-hybridized carbons (Fsp3) is 0.519. The molecule has 218 valence electrons. The number of aromatic nitrogens is 3. The first kappa shape index (κ1) is 31.4. The molecule has 2 amide bonds. The third kappa shape index (κ3) is 8.20. The van der Waals surface area contributed by atoms with Gasteiger partial charge in [-0.15, -0.1) is 0 Å². The van der Waals surface area contributed by atoms with Crippen LogP contribution in [-0.2, 0) is 9.53 Å². The summed E-state index contributed by atoms with van der Waals surface area (Å²) in [7, 11) is 0. The van der Waals surface area contributed by atoms with E-state index in [1.54, 1.807) is 13.8 Å². The van der Waals surface area contributed by atoms with E-state index in [0.717, 1.165) is 43.5 Å². The minimum absolute atomic E-state index is 0.00962. The number of nitrogens with one attached hydrogen (secondary N) is 2. The Kier molecular flexibility index (Phi) is 10.6. The molecular weight excluding hydrogens is 559 g/mol. The molecule has 0 atom stereocenters. The fourth-order valence-electron chi connectivity index (χ4n) is 3.93. The molecule has 0 unspecified atom stereocenters. The lowest BCUT2D eigenvalue weighted by molar-refractivity contribution is -0.114. The zero-order chi connectivity index (χ0) is 29.6. The first-order chi connectivity index (χ1) is 18.8. The van der Waals surface area contributed by atoms with Crippen LogP contribution in [0.15, 0.2) is 28.6 Å². The Bertz CT molecular complexity index is 1280. The van der Waals surface area contributed by atoms with Gasteiger partial charge in [0.1, 0.15) is 11.6 Å². The normalized spacial score (nSPS) is 15.5. The molecule has 1 aliphatic heterocycles. The summed E-state index contributed by atoms with van der Waals surface area (Å²) in [5.74, 6) is -0.0951. The Morgan fingerprint density at radius 3 is 2.38 bits per heavy atom. The molecule has 40 heavy (non-hydrogen) atoms. The number of carbonyl (C=O) groups excluding carboxylic acids is 2. The summed E-state index contributed by atoms with van der Waals surface area (Å²) in [5.41, 5.74) is 0.256. The summed E-state index contributed by atoms with van der Waals surface area (Å²) in [6, 6.07) is 2.32. The molecule has 1 saturated heterocycles. The second-order valence-electron chi connectivity index (χ2n) is 10.5. The van der Waals surface area contributed by atoms with Crippen LogP contribution in [0, 0.1) is 5.82 Å². The highest BCUT2D eigenvalue weighted by atomic mass is 35.5. The van der Waals surface area contributed by atoms with Crippen molar-refractivity contribution < 1.29 is 23.5 Å². The monoisotopic (exact) mass is 594 g/mol. The van der Waals surface area contributed by atoms with Crippen LogP contribution >= 0.6 is 23.4 Å². The molecule has 2 fully saturated rings. The molecule has 0 radical (unpaired) electrons. The van der Waals surface area contributed by atoms with Gasteiger partial charge >= 0.3 is 12.0 Å². The third-order valence-electron chi connectivity index (χ3n) is 5.68. The van der Waals surface area contributed by atoms with Crippen LogP contribution in [-0.4, -0.2) is 51.4 Å². The molecule has 13 heteroatoms. The van der Waals surface area contributed by atoms with Gasteiger partial charge in [0.05, 0.1) is 16.8 Å². The van der Waals surface area contributed by atoms with Crippen LogP contribution in [0.3, 0.4) is 0 Å². The molecule has 10 nitrogen and oxygen atoms in total. The SMILES string of the molecule is CC(C)=C1OC(=O)N(c2cc(OC3CCCC3)c(Cl)cc2F)C1=O.CCNc1nc(NC(C)(C)C)nc(SC)n1. The van der Waals surface area contributed by atoms with Crippen LogP contribution in [0.1, 0.15) is 67.2 Å². The van der Waals surface area contributed by atoms with Crippen LogP contribution in [0.4, 0.5) is 26.8 Å². The van der Waals surface area contributed by atoms with Crippen LogP contribution in [0.2, 0.25) is 5.02 Å². The predicted molar refractivity (Wildman–Crippen MR) is 156 cm³/mol. The van der Waals surface area contributed by atoms with E-state index in [1.165, 1.54) is 17.8 Å². The summed E-state index contributed by atoms with van der Waals surface area (Å²) in [4.78, 5) is 37.9. The number of anilines is 3. The number of benzene rings is 1. The molecule has 1 aliphatic carbocycles. The number of halogens is 2. The smallest absolute Gasteiger partial charge is 0.427 e. The molecule has 0 bridgehead atoms. The molecule has 1 aromatic heterocycles. The number of thioether (sulfide) groups is 1. The van der Waals surface area contributed by atoms with Crippen molar-refractivity contribution in [3.05, 3.63) is 34.3 Å². The number of allylic oxidation sites excluding steroid dienone is 1. The minimum atomic E-state index is -0.941. The predicted octanol–water partition coefficient (Wildman–Crippen LogP) is 6.81. The highest BCUT2D eigenvalue weighted by Crippen LogP contribution is 2.37. The Hall–Kier alpha value is -3.12. The van der Waals surface area contributed by atoms with Gasteiger partial charge in [0.15, 0.2) is 10.9 Å². The lowest BCUT2D eigenvalue weighted by Gasteiger charge is -2.20. The van der Waals surface area contributed by atoms with Crippen molar-refractivity contribution in [3.8, 4) is 5.75 Å². The molecule has 1 saturated carbocycles. The molecule has 1 aromatic carbocycles. The van der Waals surface area contributed by atoms with Gasteiger partial charge in [-0.1, -0.05) is 23.4 Å². The van der Waals surface area contributed by atoms with Crippen molar-refractivity contribution in [3.63, 3.8) is 0 Å². The largest absolute Gasteiger partial charge is 0.489 e. The van der Waals surface area contributed by atoms with E-state index in [4.69, 9.17) is 21.1 Å². The Morgan fingerprint density at radius 1 is 1.18 bits per heavy atom. The van der Waals surface area contributed by atoms with Gasteiger partial charge in [0, 0.05) is 18.2 Å². The number of carbonyl (C=O) groups is 2. The third-order valence-corrected chi connectivity index (χ3v) is 6.52. The summed E-state index contributed by atoms with van der Waals surface area (Å²) >= 11 is 7.55. The number of hydrogen-bond donors (Lipinski definition) is 2. The standard InChI is InChI=1S/C17H17ClFNO4.C10H19N5S/c1-9(2)15-16(21)20(17(22)24-15)13-8-14(11(18)7-12(13)19)23-10-5-3-4-6-10;1-6-11-7-12-8(15-10(2,3)4)14-9(13-7)16-5/h7-8,10H,3-6H2,1-2H3;6H2,1-5H3,(H2,11,12,13,14,15). The molecule has 2 heterocycles. The summed E-state index contributed by atoms with van der Waals surface area (Å²) in [6.45, 7) is 12.3. The van der Waals surface area contributed by atoms with E-state index in [9.17, 15) is 14.0 Å². The summed E-state index contributed by atoms with van der Waals surface area (Å²) in [5, 5.41) is 7.15. The number of hydrogen-bond acceptors (Lipinski definition) is 10. The number of imide groups is 1. The second-order valence-corrected chi connectivity index (χ2v) is 11.7. The number of cyclic esters (lactones) is 1. The van der Waals surface area contributed by atoms with Gasteiger partial charge < -0.3 is 20.1 Å². The number of rotatable bonds is 7. The average Bonchev–Trinajstić information content (AvgIpc) is 3.47. The maximum Gasteiger partial charge on any atom is 0.427 e. The lowest BCUT2D eigenvalue weighted by Crippen LogP contribution is -2.29. The van der Waals surface area contributed by atoms with E-state index in [-0.39, 0.29) is 33.9 Å². The van der Waals surface area contributed by atoms with Crippen molar-refractivity contribution in [1.82, 2.24) is 15.0 Å². The first-order valence-electron chi connectivity index (χ1n) is 13.0. The highest BCUT2D eigenvalue weighted by molar-refractivity contribution is 7.98. The quantitative estimate of drug-likeness (QED) is 0.261. The van der Waals surface area contributed by atoms with Crippen molar-refractivity contribution in [2.24, 2.45) is 0 Å². The van der Waals surface area contributed by atoms with E-state index >= 15 is 0 Å². The summed E-state index contributed by atoms with van der Waals surface area (Å²) < 4.78 is 25.1. The number of nitrogens with zero attached hydrogens (tertiary/aromatic N) is 4. The van der Waals surface area contributed by atoms with Gasteiger partial charge in [0.25, 0.3) is 0 Å². The molecule has 2 aliphatic rings. The molecular formula is C27H36ClFN6O4S. The average molecular weight is 595 g/mol. The maximum atomic E-state index is 14.3. The first-order valence-corrected chi connectivity index (χ1v) is 14.6. The van der Waals surface area contributed by atoms with Crippen LogP contribution in [0.5, 0.6) is 5.75 Å². The second kappa shape index (κ2) is 13.5. The molecule has 2 aromatic rings. The molecule has 0 spiro atoms. The van der Waals surface area contributed by atoms with Crippen molar-refractivity contribution in [2.75, 3.05) is 28.3 Å². The van der Waals surface area contributed by atoms with Gasteiger partial charge in [-0.05, 0) is 85.1 Å². The molecule has 2 N–H and O–H groups in total. The highest BCUT2D eigenvalue weighted by Gasteiger charge is 2.40. The van der Waals surface area contributed by atoms with Crippen molar-refractivity contribution in [2.45, 2.75) is 84.0 Å². The van der Waals surface area contributed by atoms with Crippen molar-refractivity contribution in [1.29, 1.82) is 0 Å². The van der Waals surface area contributed by atoms with E-state index in [2.05, 4.69) is 46.4 Å². The van der Waals surface area contributed by atoms with E-state index < -0.39 is 17.8 Å². The van der Waals surface area contributed by atoms with Crippen LogP contribution in [0.25, 0.3) is 0 Å². The van der Waals surface area contributed by atoms with Gasteiger partial charge in [0.2, 0.25) is 11.9 Å². The van der Waals surface area contributed by atoms with Gasteiger partial charge in [-0.2, -0.15) is 15.0 Å². The maximum absolute atomic E-state index is 14.3. The minimum Gasteiger partial charge on any atom is -0.489 e. The number of ether oxygens (including phenoxy) is 2. The topological polar surface area (TPSA) is 119 Å². The van der Waals surface area contributed by atoms with Gasteiger partial charge in [-0.25, -0.2) is 14.1 Å². The Balaban J connectivity index is 0.000000241. The van der Waals surface area contributed by atoms with Gasteiger partial charge in [-0.3, -0.25) is 4.79 Å². The summed E-state index contributed by atoms with van der Waals surface area (Å²) in [6.07, 6.45) is 4.95. The zero-order valence-electron chi connectivity index (χ0n) is 23.9. The zero-order valence-corrected chi connectivity index (χ0v) is 25.4. The van der Waals surface area contributed by atoms with Crippen LogP contribution < -0.4 is 20.3 Å². The Labute approximate surface area is 243 Å². The number of amides is 2. The van der Waals surface area contributed by atoms with Crippen molar-refractivity contribution >= 4 is 52.9 Å². The van der Waals surface area contributed by atoms with E-state index in [1.807, 2.05) is 13.2 Å². The lowest BCUT2D eigenvalue weighted by atomic mass is 10.1. The van der Waals surface area contributed by atoms with E-state index in [0.29, 0.717) is 22.4 Å². The Morgan fingerprint density at radius 2 is 1.82 bits per heavy atom. The fourth-order valence-corrected chi connectivity index (χ4v) is 4.48. The molecule has 4 rings (SSSR count).